The summed E-state index contributed by atoms with van der Waals surface area (Å²) < 4.78 is 107. The van der Waals surface area contributed by atoms with Crippen LogP contribution in [0.4, 0.5) is 41.1 Å². The minimum Gasteiger partial charge on any atom is -0.403 e. The molecule has 0 bridgehead atoms. The highest BCUT2D eigenvalue weighted by Crippen LogP contribution is 2.36. The van der Waals surface area contributed by atoms with Gasteiger partial charge in [-0.25, -0.2) is 9.97 Å². The number of halogens is 8. The van der Waals surface area contributed by atoms with Crippen LogP contribution in [0.5, 0.6) is 0 Å². The first kappa shape index (κ1) is 26.4. The van der Waals surface area contributed by atoms with Gasteiger partial charge in [-0.3, -0.25) is 4.79 Å². The van der Waals surface area contributed by atoms with E-state index < -0.39 is 59.5 Å². The van der Waals surface area contributed by atoms with Gasteiger partial charge < -0.3 is 15.8 Å². The Hall–Kier alpha value is -3.85. The zero-order valence-corrected chi connectivity index (χ0v) is 16.8. The Labute approximate surface area is 185 Å². The number of benzene rings is 1. The Morgan fingerprint density at radius 2 is 1.56 bits per heavy atom. The van der Waals surface area contributed by atoms with Crippen molar-refractivity contribution in [1.82, 2.24) is 15.3 Å². The van der Waals surface area contributed by atoms with Crippen molar-refractivity contribution in [2.45, 2.75) is 31.9 Å². The summed E-state index contributed by atoms with van der Waals surface area (Å²) in [6.07, 6.45) is -7.86. The molecular weight excluding hydrogens is 484 g/mol. The molecule has 2 aromatic rings. The monoisotopic (exact) mass is 498 g/mol. The minimum atomic E-state index is -5.18. The van der Waals surface area contributed by atoms with Gasteiger partial charge in [-0.1, -0.05) is 0 Å². The van der Waals surface area contributed by atoms with Crippen molar-refractivity contribution in [3.63, 3.8) is 0 Å². The molecule has 1 aromatic heterocycles. The van der Waals surface area contributed by atoms with Gasteiger partial charge in [-0.2, -0.15) is 45.1 Å². The number of aliphatic imine (C=N–C) groups is 2. The summed E-state index contributed by atoms with van der Waals surface area (Å²) in [7, 11) is 0. The van der Waals surface area contributed by atoms with Crippen molar-refractivity contribution < 1.29 is 44.7 Å². The fourth-order valence-corrected chi connectivity index (χ4v) is 2.33. The van der Waals surface area contributed by atoms with Gasteiger partial charge in [0.1, 0.15) is 0 Å². The van der Waals surface area contributed by atoms with Crippen LogP contribution >= 0.6 is 0 Å². The number of amides is 1. The van der Waals surface area contributed by atoms with Crippen molar-refractivity contribution >= 4 is 23.7 Å². The van der Waals surface area contributed by atoms with E-state index >= 15 is 0 Å². The lowest BCUT2D eigenvalue weighted by Gasteiger charge is -2.17. The maximum absolute atomic E-state index is 13.0. The minimum absolute atomic E-state index is 0.146. The maximum atomic E-state index is 13.0. The molecule has 1 unspecified atom stereocenters. The van der Waals surface area contributed by atoms with Crippen LogP contribution in [-0.2, 0) is 17.1 Å². The average molecular weight is 498 g/mol. The highest BCUT2D eigenvalue weighted by Gasteiger charge is 2.37. The number of ether oxygens (including phenoxy) is 1. The van der Waals surface area contributed by atoms with Crippen molar-refractivity contribution in [3.05, 3.63) is 53.3 Å². The first-order valence-electron chi connectivity index (χ1n) is 8.91. The van der Waals surface area contributed by atoms with Crippen LogP contribution in [0.1, 0.15) is 28.4 Å². The highest BCUT2D eigenvalue weighted by molar-refractivity contribution is 6.02. The second-order valence-corrected chi connectivity index (χ2v) is 6.34. The molecule has 0 aliphatic rings. The number of alkyl halides is 8. The van der Waals surface area contributed by atoms with Gasteiger partial charge in [0.25, 0.3) is 17.9 Å². The normalized spacial score (nSPS) is 14.2. The molecule has 8 nitrogen and oxygen atoms in total. The Balaban J connectivity index is 2.42. The summed E-state index contributed by atoms with van der Waals surface area (Å²) in [5.41, 5.74) is 0.808. The predicted octanol–water partition coefficient (Wildman–Crippen LogP) is 3.92. The quantitative estimate of drug-likeness (QED) is 0.369. The van der Waals surface area contributed by atoms with E-state index in [0.717, 1.165) is 6.92 Å². The molecule has 0 aliphatic carbocycles. The van der Waals surface area contributed by atoms with Crippen molar-refractivity contribution in [2.24, 2.45) is 15.7 Å². The van der Waals surface area contributed by atoms with Crippen LogP contribution in [0.15, 0.2) is 46.6 Å². The van der Waals surface area contributed by atoms with E-state index in [9.17, 15) is 39.9 Å². The van der Waals surface area contributed by atoms with Gasteiger partial charge in [0.15, 0.2) is 5.84 Å². The molecule has 34 heavy (non-hydrogen) atoms. The standard InChI is InChI=1S/C18H14F8N6O2/c1-8(12(31-15(27)34-14(19)20)32-16-28-3-2-4-29-16)30-13(33)9-5-10(17(21,22)23)7-11(6-9)18(24,25)26/h2-8,14H,1H3,(H,30,33)(H2,27,28,29,31,32). The maximum Gasteiger partial charge on any atom is 0.416 e. The van der Waals surface area contributed by atoms with Gasteiger partial charge in [0.2, 0.25) is 0 Å². The summed E-state index contributed by atoms with van der Waals surface area (Å²) in [6.45, 7) is -2.22. The van der Waals surface area contributed by atoms with Crippen LogP contribution in [0.2, 0.25) is 0 Å². The Bertz CT molecular complexity index is 1040. The molecule has 1 aromatic carbocycles. The molecule has 1 atom stereocenters. The van der Waals surface area contributed by atoms with Gasteiger partial charge in [-0.05, 0) is 31.2 Å². The third-order valence-corrected chi connectivity index (χ3v) is 3.79. The number of amidine groups is 2. The van der Waals surface area contributed by atoms with Crippen LogP contribution in [0.25, 0.3) is 0 Å². The number of carbonyl (C=O) groups excluding carboxylic acids is 1. The smallest absolute Gasteiger partial charge is 0.403 e. The van der Waals surface area contributed by atoms with E-state index in [0.29, 0.717) is 0 Å². The first-order chi connectivity index (χ1) is 15.7. The van der Waals surface area contributed by atoms with E-state index in [1.165, 1.54) is 18.5 Å². The summed E-state index contributed by atoms with van der Waals surface area (Å²) >= 11 is 0. The van der Waals surface area contributed by atoms with Crippen molar-refractivity contribution in [1.29, 1.82) is 0 Å². The molecule has 1 heterocycles. The lowest BCUT2D eigenvalue weighted by molar-refractivity contribution is -0.143. The molecule has 0 spiro atoms. The number of aromatic nitrogens is 2. The molecule has 0 radical (unpaired) electrons. The number of nitrogens with zero attached hydrogens (tertiary/aromatic N) is 4. The largest absolute Gasteiger partial charge is 0.416 e. The van der Waals surface area contributed by atoms with E-state index in [4.69, 9.17) is 5.73 Å². The van der Waals surface area contributed by atoms with Crippen LogP contribution in [-0.4, -0.2) is 40.4 Å². The topological polar surface area (TPSA) is 115 Å². The third kappa shape index (κ3) is 7.63. The highest BCUT2D eigenvalue weighted by atomic mass is 19.4. The van der Waals surface area contributed by atoms with Gasteiger partial charge in [-0.15, -0.1) is 0 Å². The molecule has 3 N–H and O–H groups in total. The van der Waals surface area contributed by atoms with E-state index in [1.807, 2.05) is 0 Å². The molecule has 0 saturated carbocycles. The van der Waals surface area contributed by atoms with Gasteiger partial charge in [0.05, 0.1) is 17.2 Å². The molecule has 0 saturated heterocycles. The van der Waals surface area contributed by atoms with Crippen molar-refractivity contribution in [2.75, 3.05) is 0 Å². The lowest BCUT2D eigenvalue weighted by atomic mass is 10.0. The molecule has 184 valence electrons. The SMILES string of the molecule is CC(NC(=O)c1cc(C(F)(F)F)cc(C(F)(F)F)c1)C(N=C(N)OC(F)F)=Nc1ncccn1. The summed E-state index contributed by atoms with van der Waals surface area (Å²) in [5.74, 6) is -2.19. The van der Waals surface area contributed by atoms with Crippen LogP contribution in [0, 0.1) is 0 Å². The van der Waals surface area contributed by atoms with Gasteiger partial charge in [0, 0.05) is 18.0 Å². The van der Waals surface area contributed by atoms with E-state index in [2.05, 4.69) is 30.0 Å². The number of hydrogen-bond donors (Lipinski definition) is 2. The zero-order valence-electron chi connectivity index (χ0n) is 16.8. The molecule has 0 aliphatic heterocycles. The second kappa shape index (κ2) is 10.4. The third-order valence-electron chi connectivity index (χ3n) is 3.79. The number of nitrogens with two attached hydrogens (primary N) is 1. The summed E-state index contributed by atoms with van der Waals surface area (Å²) in [5, 5.41) is 2.07. The lowest BCUT2D eigenvalue weighted by Crippen LogP contribution is -2.39. The fraction of sp³-hybridized carbons (Fsp3) is 0.278. The number of rotatable bonds is 5. The number of carbonyl (C=O) groups is 1. The fourth-order valence-electron chi connectivity index (χ4n) is 2.33. The summed E-state index contributed by atoms with van der Waals surface area (Å²) in [6, 6.07) is -0.790. The molecule has 2 rings (SSSR count). The molecular formula is C18H14F8N6O2. The Morgan fingerprint density at radius 1 is 1.03 bits per heavy atom. The second-order valence-electron chi connectivity index (χ2n) is 6.34. The Kier molecular flexibility index (Phi) is 8.07. The van der Waals surface area contributed by atoms with E-state index in [-0.39, 0.29) is 24.1 Å². The van der Waals surface area contributed by atoms with Gasteiger partial charge >= 0.3 is 19.0 Å². The number of hydrogen-bond acceptors (Lipinski definition) is 5. The van der Waals surface area contributed by atoms with E-state index in [1.54, 1.807) is 0 Å². The molecule has 16 heteroatoms. The van der Waals surface area contributed by atoms with Crippen LogP contribution in [0.3, 0.4) is 0 Å². The molecule has 1 amide bonds. The summed E-state index contributed by atoms with van der Waals surface area (Å²) in [4.78, 5) is 27.2. The zero-order chi connectivity index (χ0) is 25.7. The number of nitrogens with one attached hydrogen (secondary N) is 1. The molecule has 0 fully saturated rings. The predicted molar refractivity (Wildman–Crippen MR) is 101 cm³/mol. The van der Waals surface area contributed by atoms with Crippen LogP contribution < -0.4 is 11.1 Å². The Morgan fingerprint density at radius 3 is 2.03 bits per heavy atom. The van der Waals surface area contributed by atoms with Crippen molar-refractivity contribution in [3.8, 4) is 0 Å². The first-order valence-corrected chi connectivity index (χ1v) is 8.91. The average Bonchev–Trinajstić information content (AvgIpc) is 2.71.